The summed E-state index contributed by atoms with van der Waals surface area (Å²) in [7, 11) is 1.56. The maximum absolute atomic E-state index is 12.3. The predicted molar refractivity (Wildman–Crippen MR) is 128 cm³/mol. The summed E-state index contributed by atoms with van der Waals surface area (Å²) in [5.74, 6) is 1.31. The summed E-state index contributed by atoms with van der Waals surface area (Å²) < 4.78 is 5.31. The van der Waals surface area contributed by atoms with Gasteiger partial charge in [-0.3, -0.25) is 10.3 Å². The number of urea groups is 1. The number of aromatic nitrogens is 4. The van der Waals surface area contributed by atoms with Crippen molar-refractivity contribution in [3.05, 3.63) is 72.6 Å². The number of hydrogen-bond acceptors (Lipinski definition) is 6. The Morgan fingerprint density at radius 3 is 2.70 bits per heavy atom. The third-order valence-corrected chi connectivity index (χ3v) is 5.36. The molecule has 1 aromatic carbocycles. The average Bonchev–Trinajstić information content (AvgIpc) is 2.86. The SMILES string of the molecule is COc1ncccc1-c1cnc2ccc(NC(=O)NCCC[C@@H](C)c3ccccc3)nc2n1. The first-order valence-electron chi connectivity index (χ1n) is 10.9. The molecule has 3 heterocycles. The molecule has 4 rings (SSSR count). The summed E-state index contributed by atoms with van der Waals surface area (Å²) in [5.41, 5.74) is 3.67. The molecule has 168 valence electrons. The van der Waals surface area contributed by atoms with Crippen LogP contribution in [0.25, 0.3) is 22.4 Å². The zero-order valence-corrected chi connectivity index (χ0v) is 18.7. The van der Waals surface area contributed by atoms with Crippen molar-refractivity contribution in [2.24, 2.45) is 0 Å². The molecule has 0 unspecified atom stereocenters. The van der Waals surface area contributed by atoms with E-state index in [-0.39, 0.29) is 6.03 Å². The first kappa shape index (κ1) is 22.1. The molecule has 0 aliphatic carbocycles. The Balaban J connectivity index is 1.35. The highest BCUT2D eigenvalue weighted by Crippen LogP contribution is 2.26. The van der Waals surface area contributed by atoms with Gasteiger partial charge in [-0.15, -0.1) is 0 Å². The third-order valence-electron chi connectivity index (χ3n) is 5.36. The maximum Gasteiger partial charge on any atom is 0.320 e. The van der Waals surface area contributed by atoms with Gasteiger partial charge in [0.15, 0.2) is 5.65 Å². The van der Waals surface area contributed by atoms with Gasteiger partial charge in [-0.1, -0.05) is 37.3 Å². The number of benzene rings is 1. The lowest BCUT2D eigenvalue weighted by atomic mass is 9.96. The van der Waals surface area contributed by atoms with E-state index in [0.717, 1.165) is 18.4 Å². The van der Waals surface area contributed by atoms with E-state index in [9.17, 15) is 4.79 Å². The lowest BCUT2D eigenvalue weighted by Gasteiger charge is -2.12. The van der Waals surface area contributed by atoms with Crippen LogP contribution >= 0.6 is 0 Å². The summed E-state index contributed by atoms with van der Waals surface area (Å²) >= 11 is 0. The van der Waals surface area contributed by atoms with Gasteiger partial charge < -0.3 is 10.1 Å². The van der Waals surface area contributed by atoms with Crippen LogP contribution in [-0.2, 0) is 0 Å². The minimum absolute atomic E-state index is 0.299. The summed E-state index contributed by atoms with van der Waals surface area (Å²) in [5, 5.41) is 5.66. The van der Waals surface area contributed by atoms with E-state index in [1.165, 1.54) is 5.56 Å². The number of rotatable bonds is 8. The fraction of sp³-hybridized carbons (Fsp3) is 0.240. The number of carbonyl (C=O) groups is 1. The molecule has 8 heteroatoms. The van der Waals surface area contributed by atoms with Gasteiger partial charge in [-0.05, 0) is 48.6 Å². The van der Waals surface area contributed by atoms with Crippen molar-refractivity contribution in [3.63, 3.8) is 0 Å². The van der Waals surface area contributed by atoms with Crippen molar-refractivity contribution in [1.82, 2.24) is 25.3 Å². The van der Waals surface area contributed by atoms with Crippen LogP contribution in [0.3, 0.4) is 0 Å². The van der Waals surface area contributed by atoms with E-state index in [2.05, 4.69) is 61.8 Å². The molecule has 2 N–H and O–H groups in total. The number of nitrogens with one attached hydrogen (secondary N) is 2. The molecule has 0 radical (unpaired) electrons. The van der Waals surface area contributed by atoms with Crippen LogP contribution in [0.2, 0.25) is 0 Å². The predicted octanol–water partition coefficient (Wildman–Crippen LogP) is 4.80. The second kappa shape index (κ2) is 10.5. The number of anilines is 1. The maximum atomic E-state index is 12.3. The second-order valence-electron chi connectivity index (χ2n) is 7.69. The molecule has 0 fully saturated rings. The number of nitrogens with zero attached hydrogens (tertiary/aromatic N) is 4. The molecular formula is C25H26N6O2. The molecule has 3 aromatic heterocycles. The van der Waals surface area contributed by atoms with Crippen molar-refractivity contribution < 1.29 is 9.53 Å². The molecule has 0 saturated heterocycles. The molecule has 2 amide bonds. The Hall–Kier alpha value is -4.07. The van der Waals surface area contributed by atoms with E-state index in [4.69, 9.17) is 4.74 Å². The first-order chi connectivity index (χ1) is 16.1. The van der Waals surface area contributed by atoms with Crippen molar-refractivity contribution in [2.75, 3.05) is 19.0 Å². The fourth-order valence-electron chi connectivity index (χ4n) is 3.56. The smallest absolute Gasteiger partial charge is 0.320 e. The second-order valence-corrected chi connectivity index (χ2v) is 7.69. The van der Waals surface area contributed by atoms with Gasteiger partial charge in [0.2, 0.25) is 5.88 Å². The Labute approximate surface area is 192 Å². The average molecular weight is 443 g/mol. The van der Waals surface area contributed by atoms with Crippen LogP contribution in [0.4, 0.5) is 10.6 Å². The highest BCUT2D eigenvalue weighted by Gasteiger charge is 2.11. The molecule has 0 saturated carbocycles. The molecule has 0 aliphatic rings. The standard InChI is InChI=1S/C25H26N6O2/c1-17(18-9-4-3-5-10-18)8-6-15-27-25(32)31-22-13-12-20-23(30-22)29-21(16-28-20)19-11-7-14-26-24(19)33-2/h3-5,7,9-14,16-17H,6,8,15H2,1-2H3,(H2,27,29,30,31,32)/t17-/m1/s1. The van der Waals surface area contributed by atoms with Crippen LogP contribution < -0.4 is 15.4 Å². The van der Waals surface area contributed by atoms with Gasteiger partial charge in [0.25, 0.3) is 0 Å². The van der Waals surface area contributed by atoms with Gasteiger partial charge in [0.1, 0.15) is 11.3 Å². The van der Waals surface area contributed by atoms with Gasteiger partial charge in [0, 0.05) is 12.7 Å². The summed E-state index contributed by atoms with van der Waals surface area (Å²) in [6, 6.07) is 17.2. The Bertz CT molecular complexity index is 1230. The largest absolute Gasteiger partial charge is 0.481 e. The van der Waals surface area contributed by atoms with Crippen LogP contribution in [0.1, 0.15) is 31.2 Å². The van der Waals surface area contributed by atoms with Crippen molar-refractivity contribution in [2.45, 2.75) is 25.7 Å². The van der Waals surface area contributed by atoms with Gasteiger partial charge >= 0.3 is 6.03 Å². The van der Waals surface area contributed by atoms with Gasteiger partial charge in [0.05, 0.1) is 24.6 Å². The minimum Gasteiger partial charge on any atom is -0.481 e. The summed E-state index contributed by atoms with van der Waals surface area (Å²) in [6.07, 6.45) is 5.18. The first-order valence-corrected chi connectivity index (χ1v) is 10.9. The quantitative estimate of drug-likeness (QED) is 0.380. The lowest BCUT2D eigenvalue weighted by molar-refractivity contribution is 0.251. The number of methoxy groups -OCH3 is 1. The van der Waals surface area contributed by atoms with Crippen LogP contribution in [-0.4, -0.2) is 39.6 Å². The molecule has 4 aromatic rings. The monoisotopic (exact) mass is 442 g/mol. The van der Waals surface area contributed by atoms with E-state index in [0.29, 0.717) is 41.0 Å². The molecule has 8 nitrogen and oxygen atoms in total. The van der Waals surface area contributed by atoms with E-state index in [1.807, 2.05) is 12.1 Å². The highest BCUT2D eigenvalue weighted by molar-refractivity contribution is 5.89. The summed E-state index contributed by atoms with van der Waals surface area (Å²) in [4.78, 5) is 30.0. The molecule has 0 spiro atoms. The van der Waals surface area contributed by atoms with Gasteiger partial charge in [-0.25, -0.2) is 19.7 Å². The van der Waals surface area contributed by atoms with Crippen LogP contribution in [0.5, 0.6) is 5.88 Å². The summed E-state index contributed by atoms with van der Waals surface area (Å²) in [6.45, 7) is 2.78. The van der Waals surface area contributed by atoms with Crippen LogP contribution in [0, 0.1) is 0 Å². The van der Waals surface area contributed by atoms with Crippen molar-refractivity contribution >= 4 is 23.0 Å². The number of pyridine rings is 2. The number of amides is 2. The topological polar surface area (TPSA) is 102 Å². The number of hydrogen-bond donors (Lipinski definition) is 2. The Kier molecular flexibility index (Phi) is 7.04. The normalized spacial score (nSPS) is 11.7. The molecule has 0 bridgehead atoms. The zero-order valence-electron chi connectivity index (χ0n) is 18.7. The van der Waals surface area contributed by atoms with Crippen LogP contribution in [0.15, 0.2) is 67.0 Å². The Morgan fingerprint density at radius 2 is 1.88 bits per heavy atom. The zero-order chi connectivity index (χ0) is 23.0. The number of ether oxygens (including phenoxy) is 1. The Morgan fingerprint density at radius 1 is 1.03 bits per heavy atom. The lowest BCUT2D eigenvalue weighted by Crippen LogP contribution is -2.30. The van der Waals surface area contributed by atoms with E-state index >= 15 is 0 Å². The number of carbonyl (C=O) groups excluding carboxylic acids is 1. The number of fused-ring (bicyclic) bond motifs is 1. The molecular weight excluding hydrogens is 416 g/mol. The third kappa shape index (κ3) is 5.60. The highest BCUT2D eigenvalue weighted by atomic mass is 16.5. The van der Waals surface area contributed by atoms with Crippen molar-refractivity contribution in [1.29, 1.82) is 0 Å². The minimum atomic E-state index is -0.299. The molecule has 0 aliphatic heterocycles. The molecule has 33 heavy (non-hydrogen) atoms. The van der Waals surface area contributed by atoms with E-state index < -0.39 is 0 Å². The molecule has 1 atom stereocenters. The fourth-order valence-corrected chi connectivity index (χ4v) is 3.56. The van der Waals surface area contributed by atoms with Crippen molar-refractivity contribution in [3.8, 4) is 17.1 Å². The van der Waals surface area contributed by atoms with Gasteiger partial charge in [-0.2, -0.15) is 0 Å². The van der Waals surface area contributed by atoms with E-state index in [1.54, 1.807) is 37.7 Å².